The highest BCUT2D eigenvalue weighted by atomic mass is 35.5. The van der Waals surface area contributed by atoms with Crippen molar-refractivity contribution >= 4 is 23.4 Å². The van der Waals surface area contributed by atoms with Gasteiger partial charge < -0.3 is 10.6 Å². The standard InChI is InChI=1S/C14H16ClN5O/c15-10-3-1-9(2-4-10)7-17-14(21)18-13-11-8-16-6-5-12(11)19-20-13/h1-4,16H,5-8H2,(H3,17,18,19,20,21). The van der Waals surface area contributed by atoms with Crippen LogP contribution in [0.25, 0.3) is 0 Å². The first-order valence-corrected chi connectivity index (χ1v) is 7.16. The summed E-state index contributed by atoms with van der Waals surface area (Å²) < 4.78 is 0. The van der Waals surface area contributed by atoms with Crippen LogP contribution in [0.4, 0.5) is 10.6 Å². The molecule has 1 aromatic carbocycles. The number of benzene rings is 1. The molecule has 0 saturated heterocycles. The monoisotopic (exact) mass is 305 g/mol. The minimum absolute atomic E-state index is 0.273. The molecule has 1 aliphatic heterocycles. The van der Waals surface area contributed by atoms with Crippen molar-refractivity contribution in [3.05, 3.63) is 46.1 Å². The van der Waals surface area contributed by atoms with Crippen molar-refractivity contribution < 1.29 is 4.79 Å². The van der Waals surface area contributed by atoms with Gasteiger partial charge in [-0.05, 0) is 17.7 Å². The van der Waals surface area contributed by atoms with Crippen molar-refractivity contribution in [1.29, 1.82) is 0 Å². The third-order valence-corrected chi connectivity index (χ3v) is 3.66. The number of nitrogens with zero attached hydrogens (tertiary/aromatic N) is 1. The van der Waals surface area contributed by atoms with Crippen LogP contribution in [0.3, 0.4) is 0 Å². The van der Waals surface area contributed by atoms with Crippen LogP contribution in [0.1, 0.15) is 16.8 Å². The fraction of sp³-hybridized carbons (Fsp3) is 0.286. The Kier molecular flexibility index (Phi) is 4.08. The Labute approximate surface area is 127 Å². The number of amides is 2. The van der Waals surface area contributed by atoms with Gasteiger partial charge in [-0.15, -0.1) is 0 Å². The van der Waals surface area contributed by atoms with Crippen molar-refractivity contribution in [2.75, 3.05) is 11.9 Å². The van der Waals surface area contributed by atoms with Gasteiger partial charge in [0.15, 0.2) is 5.82 Å². The summed E-state index contributed by atoms with van der Waals surface area (Å²) in [6, 6.07) is 7.08. The maximum atomic E-state index is 11.9. The second kappa shape index (κ2) is 6.15. The van der Waals surface area contributed by atoms with Crippen molar-refractivity contribution in [3.63, 3.8) is 0 Å². The zero-order valence-electron chi connectivity index (χ0n) is 11.4. The number of aromatic nitrogens is 2. The van der Waals surface area contributed by atoms with E-state index in [2.05, 4.69) is 26.1 Å². The first kappa shape index (κ1) is 13.9. The predicted octanol–water partition coefficient (Wildman–Crippen LogP) is 2.03. The summed E-state index contributed by atoms with van der Waals surface area (Å²) in [5.41, 5.74) is 3.10. The molecule has 0 atom stereocenters. The molecule has 110 valence electrons. The second-order valence-electron chi connectivity index (χ2n) is 4.89. The number of urea groups is 1. The third-order valence-electron chi connectivity index (χ3n) is 3.40. The highest BCUT2D eigenvalue weighted by Gasteiger charge is 2.17. The topological polar surface area (TPSA) is 81.8 Å². The van der Waals surface area contributed by atoms with Gasteiger partial charge in [-0.3, -0.25) is 10.4 Å². The van der Waals surface area contributed by atoms with Gasteiger partial charge in [-0.1, -0.05) is 23.7 Å². The molecule has 0 fully saturated rings. The van der Waals surface area contributed by atoms with Crippen molar-refractivity contribution in [2.24, 2.45) is 0 Å². The number of aromatic amines is 1. The minimum atomic E-state index is -0.273. The lowest BCUT2D eigenvalue weighted by molar-refractivity contribution is 0.251. The molecule has 3 rings (SSSR count). The smallest absolute Gasteiger partial charge is 0.320 e. The van der Waals surface area contributed by atoms with E-state index >= 15 is 0 Å². The Morgan fingerprint density at radius 1 is 1.33 bits per heavy atom. The molecule has 0 spiro atoms. The SMILES string of the molecule is O=C(NCc1ccc(Cl)cc1)Nc1n[nH]c2c1CNCC2. The fourth-order valence-electron chi connectivity index (χ4n) is 2.26. The van der Waals surface area contributed by atoms with Gasteiger partial charge in [-0.2, -0.15) is 5.10 Å². The van der Waals surface area contributed by atoms with Gasteiger partial charge in [-0.25, -0.2) is 4.79 Å². The van der Waals surface area contributed by atoms with Crippen LogP contribution >= 0.6 is 11.6 Å². The van der Waals surface area contributed by atoms with E-state index in [1.165, 1.54) is 0 Å². The molecule has 2 heterocycles. The maximum Gasteiger partial charge on any atom is 0.320 e. The molecule has 7 heteroatoms. The maximum absolute atomic E-state index is 11.9. The highest BCUT2D eigenvalue weighted by Crippen LogP contribution is 2.19. The molecule has 0 unspecified atom stereocenters. The van der Waals surface area contributed by atoms with Crippen LogP contribution in [0, 0.1) is 0 Å². The molecule has 0 saturated carbocycles. The van der Waals surface area contributed by atoms with Crippen LogP contribution in [0.5, 0.6) is 0 Å². The van der Waals surface area contributed by atoms with Crippen LogP contribution in [0.15, 0.2) is 24.3 Å². The van der Waals surface area contributed by atoms with E-state index in [4.69, 9.17) is 11.6 Å². The zero-order chi connectivity index (χ0) is 14.7. The molecular formula is C14H16ClN5O. The second-order valence-corrected chi connectivity index (χ2v) is 5.33. The number of H-pyrrole nitrogens is 1. The molecule has 1 aromatic heterocycles. The van der Waals surface area contributed by atoms with Crippen LogP contribution in [-0.2, 0) is 19.5 Å². The average Bonchev–Trinajstić information content (AvgIpc) is 2.90. The van der Waals surface area contributed by atoms with Gasteiger partial charge in [0.25, 0.3) is 0 Å². The van der Waals surface area contributed by atoms with Crippen LogP contribution in [-0.4, -0.2) is 22.8 Å². The molecule has 0 bridgehead atoms. The van der Waals surface area contributed by atoms with Crippen LogP contribution < -0.4 is 16.0 Å². The molecular weight excluding hydrogens is 290 g/mol. The summed E-state index contributed by atoms with van der Waals surface area (Å²) >= 11 is 5.82. The predicted molar refractivity (Wildman–Crippen MR) is 81.3 cm³/mol. The number of anilines is 1. The normalized spacial score (nSPS) is 13.6. The van der Waals surface area contributed by atoms with Gasteiger partial charge in [0.05, 0.1) is 0 Å². The lowest BCUT2D eigenvalue weighted by Gasteiger charge is -2.13. The van der Waals surface area contributed by atoms with Crippen LogP contribution in [0.2, 0.25) is 5.02 Å². The number of hydrogen-bond acceptors (Lipinski definition) is 3. The van der Waals surface area contributed by atoms with Crippen molar-refractivity contribution in [3.8, 4) is 0 Å². The van der Waals surface area contributed by atoms with E-state index in [0.29, 0.717) is 17.4 Å². The number of rotatable bonds is 3. The Bertz CT molecular complexity index is 637. The van der Waals surface area contributed by atoms with Crippen molar-refractivity contribution in [1.82, 2.24) is 20.8 Å². The molecule has 1 aliphatic rings. The van der Waals surface area contributed by atoms with E-state index in [-0.39, 0.29) is 6.03 Å². The quantitative estimate of drug-likeness (QED) is 0.700. The summed E-state index contributed by atoms with van der Waals surface area (Å²) in [4.78, 5) is 11.9. The number of fused-ring (bicyclic) bond motifs is 1. The van der Waals surface area contributed by atoms with E-state index in [1.807, 2.05) is 12.1 Å². The highest BCUT2D eigenvalue weighted by molar-refractivity contribution is 6.30. The first-order valence-electron chi connectivity index (χ1n) is 6.78. The van der Waals surface area contributed by atoms with E-state index < -0.39 is 0 Å². The van der Waals surface area contributed by atoms with Gasteiger partial charge >= 0.3 is 6.03 Å². The Hall–Kier alpha value is -2.05. The van der Waals surface area contributed by atoms with E-state index in [0.717, 1.165) is 36.3 Å². The van der Waals surface area contributed by atoms with Gasteiger partial charge in [0, 0.05) is 42.3 Å². The average molecular weight is 306 g/mol. The molecule has 21 heavy (non-hydrogen) atoms. The largest absolute Gasteiger partial charge is 0.334 e. The first-order chi connectivity index (χ1) is 10.2. The van der Waals surface area contributed by atoms with E-state index in [1.54, 1.807) is 12.1 Å². The number of carbonyl (C=O) groups excluding carboxylic acids is 1. The summed E-state index contributed by atoms with van der Waals surface area (Å²) in [6.07, 6.45) is 0.899. The van der Waals surface area contributed by atoms with Crippen molar-refractivity contribution in [2.45, 2.75) is 19.5 Å². The summed E-state index contributed by atoms with van der Waals surface area (Å²) in [5, 5.41) is 16.6. The molecule has 0 aliphatic carbocycles. The lowest BCUT2D eigenvalue weighted by Crippen LogP contribution is -2.29. The van der Waals surface area contributed by atoms with Gasteiger partial charge in [0.2, 0.25) is 0 Å². The summed E-state index contributed by atoms with van der Waals surface area (Å²) in [6.45, 7) is 2.09. The summed E-state index contributed by atoms with van der Waals surface area (Å²) in [7, 11) is 0. The number of carbonyl (C=O) groups is 1. The minimum Gasteiger partial charge on any atom is -0.334 e. The number of hydrogen-bond donors (Lipinski definition) is 4. The molecule has 2 aromatic rings. The fourth-order valence-corrected chi connectivity index (χ4v) is 2.39. The Morgan fingerprint density at radius 3 is 2.95 bits per heavy atom. The molecule has 6 nitrogen and oxygen atoms in total. The van der Waals surface area contributed by atoms with E-state index in [9.17, 15) is 4.79 Å². The Balaban J connectivity index is 1.57. The lowest BCUT2D eigenvalue weighted by atomic mass is 10.1. The molecule has 4 N–H and O–H groups in total. The van der Waals surface area contributed by atoms with Gasteiger partial charge in [0.1, 0.15) is 0 Å². The number of nitrogens with one attached hydrogen (secondary N) is 4. The molecule has 0 radical (unpaired) electrons. The zero-order valence-corrected chi connectivity index (χ0v) is 12.1. The molecule has 2 amide bonds. The Morgan fingerprint density at radius 2 is 2.14 bits per heavy atom. The number of halogens is 1. The third kappa shape index (κ3) is 3.34. The summed E-state index contributed by atoms with van der Waals surface area (Å²) in [5.74, 6) is 0.589.